The zero-order valence-corrected chi connectivity index (χ0v) is 11.3. The lowest BCUT2D eigenvalue weighted by molar-refractivity contribution is 1.03. The number of anilines is 2. The fourth-order valence-electron chi connectivity index (χ4n) is 2.40. The van der Waals surface area contributed by atoms with Gasteiger partial charge in [-0.1, -0.05) is 36.4 Å². The molecule has 0 saturated carbocycles. The van der Waals surface area contributed by atoms with Gasteiger partial charge in [0.05, 0.1) is 17.4 Å². The van der Waals surface area contributed by atoms with Crippen LogP contribution in [0.5, 0.6) is 0 Å². The van der Waals surface area contributed by atoms with Crippen molar-refractivity contribution in [2.75, 3.05) is 11.9 Å². The molecule has 0 saturated heterocycles. The van der Waals surface area contributed by atoms with Crippen molar-refractivity contribution in [3.05, 3.63) is 60.3 Å². The van der Waals surface area contributed by atoms with Crippen molar-refractivity contribution in [1.29, 1.82) is 0 Å². The Balaban J connectivity index is 2.15. The highest BCUT2D eigenvalue weighted by Gasteiger charge is 2.11. The Morgan fingerprint density at radius 3 is 2.60 bits per heavy atom. The van der Waals surface area contributed by atoms with Crippen LogP contribution in [0.3, 0.4) is 0 Å². The van der Waals surface area contributed by atoms with E-state index in [0.29, 0.717) is 6.54 Å². The van der Waals surface area contributed by atoms with Crippen LogP contribution in [0.1, 0.15) is 5.56 Å². The van der Waals surface area contributed by atoms with Crippen LogP contribution in [0.4, 0.5) is 11.4 Å². The van der Waals surface area contributed by atoms with Gasteiger partial charge in [-0.3, -0.25) is 0 Å². The topological polar surface area (TPSA) is 55.0 Å². The summed E-state index contributed by atoms with van der Waals surface area (Å²) < 4.78 is 0. The van der Waals surface area contributed by atoms with Gasteiger partial charge >= 0.3 is 0 Å². The molecule has 2 aromatic carbocycles. The number of nitrogens with two attached hydrogens (primary N) is 1. The normalized spacial score (nSPS) is 10.7. The minimum absolute atomic E-state index is 0.511. The van der Waals surface area contributed by atoms with Gasteiger partial charge in [-0.25, -0.2) is 0 Å². The number of nitrogens with zero attached hydrogens (tertiary/aromatic N) is 3. The zero-order chi connectivity index (χ0) is 13.9. The van der Waals surface area contributed by atoms with Crippen LogP contribution in [-0.2, 0) is 6.54 Å². The second-order valence-corrected chi connectivity index (χ2v) is 4.64. The molecule has 0 unspecified atom stereocenters. The summed E-state index contributed by atoms with van der Waals surface area (Å²) >= 11 is 0. The molecule has 100 valence electrons. The molecule has 0 bridgehead atoms. The maximum absolute atomic E-state index is 5.82. The summed E-state index contributed by atoms with van der Waals surface area (Å²) in [6.07, 6.45) is 1.79. The Labute approximate surface area is 117 Å². The van der Waals surface area contributed by atoms with Gasteiger partial charge in [-0.2, -0.15) is 10.2 Å². The van der Waals surface area contributed by atoms with Gasteiger partial charge in [-0.05, 0) is 17.7 Å². The van der Waals surface area contributed by atoms with Crippen molar-refractivity contribution in [2.45, 2.75) is 6.54 Å². The number of rotatable bonds is 3. The molecular formula is C16H16N4. The van der Waals surface area contributed by atoms with Gasteiger partial charge in [-0.15, -0.1) is 0 Å². The van der Waals surface area contributed by atoms with Gasteiger partial charge in [0.25, 0.3) is 0 Å². The van der Waals surface area contributed by atoms with Gasteiger partial charge in [0, 0.05) is 24.7 Å². The summed E-state index contributed by atoms with van der Waals surface area (Å²) in [5.74, 6) is 0. The Hall–Kier alpha value is -2.46. The van der Waals surface area contributed by atoms with Crippen molar-refractivity contribution in [3.63, 3.8) is 0 Å². The second kappa shape index (κ2) is 5.27. The van der Waals surface area contributed by atoms with Crippen LogP contribution < -0.4 is 10.6 Å². The number of aromatic nitrogens is 2. The summed E-state index contributed by atoms with van der Waals surface area (Å²) in [6, 6.07) is 16.1. The van der Waals surface area contributed by atoms with Gasteiger partial charge in [0.1, 0.15) is 0 Å². The maximum atomic E-state index is 5.82. The summed E-state index contributed by atoms with van der Waals surface area (Å²) in [7, 11) is 2.03. The van der Waals surface area contributed by atoms with Gasteiger partial charge in [0.15, 0.2) is 0 Å². The molecule has 0 aliphatic carbocycles. The van der Waals surface area contributed by atoms with E-state index in [1.165, 1.54) is 0 Å². The molecule has 3 rings (SSSR count). The summed E-state index contributed by atoms with van der Waals surface area (Å²) in [6.45, 7) is 0.511. The van der Waals surface area contributed by atoms with Crippen LogP contribution in [0.25, 0.3) is 10.9 Å². The fraction of sp³-hybridized carbons (Fsp3) is 0.125. The van der Waals surface area contributed by atoms with E-state index in [0.717, 1.165) is 27.8 Å². The van der Waals surface area contributed by atoms with Crippen molar-refractivity contribution in [2.24, 2.45) is 5.73 Å². The van der Waals surface area contributed by atoms with Gasteiger partial charge < -0.3 is 10.6 Å². The van der Waals surface area contributed by atoms with Crippen LogP contribution >= 0.6 is 0 Å². The van der Waals surface area contributed by atoms with E-state index in [4.69, 9.17) is 5.73 Å². The third kappa shape index (κ3) is 2.10. The van der Waals surface area contributed by atoms with Crippen LogP contribution in [0.2, 0.25) is 0 Å². The number of benzene rings is 2. The smallest absolute Gasteiger partial charge is 0.0950 e. The first kappa shape index (κ1) is 12.6. The average Bonchev–Trinajstić information content (AvgIpc) is 2.53. The Kier molecular flexibility index (Phi) is 3.31. The first-order valence-electron chi connectivity index (χ1n) is 6.53. The van der Waals surface area contributed by atoms with Crippen LogP contribution in [-0.4, -0.2) is 17.2 Å². The van der Waals surface area contributed by atoms with Crippen molar-refractivity contribution in [1.82, 2.24) is 10.2 Å². The molecule has 1 heterocycles. The van der Waals surface area contributed by atoms with Crippen molar-refractivity contribution >= 4 is 22.3 Å². The SMILES string of the molecule is CN(c1ccccc1CN)c1cnnc2ccccc12. The lowest BCUT2D eigenvalue weighted by Crippen LogP contribution is -2.14. The first-order valence-corrected chi connectivity index (χ1v) is 6.53. The number of fused-ring (bicyclic) bond motifs is 1. The van der Waals surface area contributed by atoms with Crippen LogP contribution in [0, 0.1) is 0 Å². The highest BCUT2D eigenvalue weighted by atomic mass is 15.2. The molecule has 2 N–H and O–H groups in total. The van der Waals surface area contributed by atoms with E-state index in [1.54, 1.807) is 6.20 Å². The van der Waals surface area contributed by atoms with E-state index in [9.17, 15) is 0 Å². The Morgan fingerprint density at radius 2 is 1.75 bits per heavy atom. The highest BCUT2D eigenvalue weighted by Crippen LogP contribution is 2.31. The molecular weight excluding hydrogens is 248 g/mol. The predicted molar refractivity (Wildman–Crippen MR) is 81.9 cm³/mol. The molecule has 20 heavy (non-hydrogen) atoms. The lowest BCUT2D eigenvalue weighted by Gasteiger charge is -2.23. The lowest BCUT2D eigenvalue weighted by atomic mass is 10.1. The molecule has 0 fully saturated rings. The fourth-order valence-corrected chi connectivity index (χ4v) is 2.40. The summed E-state index contributed by atoms with van der Waals surface area (Å²) in [4.78, 5) is 2.11. The average molecular weight is 264 g/mol. The molecule has 3 aromatic rings. The third-order valence-electron chi connectivity index (χ3n) is 3.46. The minimum atomic E-state index is 0.511. The maximum Gasteiger partial charge on any atom is 0.0950 e. The standard InChI is InChI=1S/C16H16N4/c1-20(15-9-5-2-6-12(15)10-17)16-11-18-19-14-8-4-3-7-13(14)16/h2-9,11H,10,17H2,1H3. The Morgan fingerprint density at radius 1 is 1.00 bits per heavy atom. The van der Waals surface area contributed by atoms with E-state index < -0.39 is 0 Å². The summed E-state index contributed by atoms with van der Waals surface area (Å²) in [5.41, 5.74) is 9.94. The summed E-state index contributed by atoms with van der Waals surface area (Å²) in [5, 5.41) is 9.33. The number of hydrogen-bond acceptors (Lipinski definition) is 4. The van der Waals surface area contributed by atoms with E-state index in [-0.39, 0.29) is 0 Å². The van der Waals surface area contributed by atoms with Crippen molar-refractivity contribution < 1.29 is 0 Å². The molecule has 4 heteroatoms. The molecule has 4 nitrogen and oxygen atoms in total. The first-order chi connectivity index (χ1) is 9.81. The zero-order valence-electron chi connectivity index (χ0n) is 11.3. The molecule has 0 aliphatic rings. The third-order valence-corrected chi connectivity index (χ3v) is 3.46. The highest BCUT2D eigenvalue weighted by molar-refractivity contribution is 5.93. The largest absolute Gasteiger partial charge is 0.342 e. The molecule has 0 aliphatic heterocycles. The molecule has 0 spiro atoms. The minimum Gasteiger partial charge on any atom is -0.342 e. The van der Waals surface area contributed by atoms with Gasteiger partial charge in [0.2, 0.25) is 0 Å². The monoisotopic (exact) mass is 264 g/mol. The molecule has 0 amide bonds. The van der Waals surface area contributed by atoms with Crippen LogP contribution in [0.15, 0.2) is 54.7 Å². The van der Waals surface area contributed by atoms with E-state index in [1.807, 2.05) is 43.4 Å². The van der Waals surface area contributed by atoms with E-state index in [2.05, 4.69) is 27.2 Å². The number of para-hydroxylation sites is 1. The van der Waals surface area contributed by atoms with Crippen molar-refractivity contribution in [3.8, 4) is 0 Å². The quantitative estimate of drug-likeness (QED) is 0.790. The second-order valence-electron chi connectivity index (χ2n) is 4.64. The molecule has 0 radical (unpaired) electrons. The predicted octanol–water partition coefficient (Wildman–Crippen LogP) is 2.86. The van der Waals surface area contributed by atoms with E-state index >= 15 is 0 Å². The number of hydrogen-bond donors (Lipinski definition) is 1. The molecule has 1 aromatic heterocycles. The Bertz CT molecular complexity index is 734. The molecule has 0 atom stereocenters.